The van der Waals surface area contributed by atoms with Crippen LogP contribution in [0.1, 0.15) is 36.9 Å². The smallest absolute Gasteiger partial charge is 0.285 e. The van der Waals surface area contributed by atoms with Gasteiger partial charge in [-0.05, 0) is 41.7 Å². The second-order valence-electron chi connectivity index (χ2n) is 7.20. The van der Waals surface area contributed by atoms with Crippen molar-refractivity contribution in [2.45, 2.75) is 39.2 Å². The van der Waals surface area contributed by atoms with E-state index in [1.54, 1.807) is 32.4 Å². The number of ether oxygens (including phenoxy) is 1. The molecule has 0 N–H and O–H groups in total. The standard InChI is InChI=1S/C20H19F3N4O/c1-12(2)19(28-20(21,22)23)16-8-15(9-24-10-16)13-3-5-17-14(7-13)4-6-18-26-25-11-27(17)18/h3,5,7-12,19H,4,6H2,1-2H3. The van der Waals surface area contributed by atoms with Gasteiger partial charge in [-0.15, -0.1) is 23.4 Å². The Morgan fingerprint density at radius 2 is 1.89 bits per heavy atom. The van der Waals surface area contributed by atoms with Crippen molar-refractivity contribution in [1.82, 2.24) is 19.7 Å². The van der Waals surface area contributed by atoms with Gasteiger partial charge in [0.1, 0.15) is 12.2 Å². The van der Waals surface area contributed by atoms with E-state index in [-0.39, 0.29) is 5.92 Å². The molecule has 5 nitrogen and oxygen atoms in total. The quantitative estimate of drug-likeness (QED) is 0.652. The lowest BCUT2D eigenvalue weighted by atomic mass is 9.95. The molecule has 1 unspecified atom stereocenters. The summed E-state index contributed by atoms with van der Waals surface area (Å²) in [4.78, 5) is 4.16. The highest BCUT2D eigenvalue weighted by Crippen LogP contribution is 2.35. The monoisotopic (exact) mass is 388 g/mol. The Balaban J connectivity index is 1.69. The molecule has 0 amide bonds. The van der Waals surface area contributed by atoms with Crippen molar-refractivity contribution in [2.75, 3.05) is 0 Å². The van der Waals surface area contributed by atoms with Crippen LogP contribution in [0.25, 0.3) is 16.8 Å². The maximum Gasteiger partial charge on any atom is 0.523 e. The van der Waals surface area contributed by atoms with Crippen molar-refractivity contribution in [3.8, 4) is 16.8 Å². The van der Waals surface area contributed by atoms with Crippen molar-refractivity contribution >= 4 is 0 Å². The first kappa shape index (κ1) is 18.6. The molecule has 0 saturated heterocycles. The topological polar surface area (TPSA) is 52.8 Å². The number of nitrogens with zero attached hydrogens (tertiary/aromatic N) is 4. The number of hydrogen-bond acceptors (Lipinski definition) is 4. The number of pyridine rings is 1. The van der Waals surface area contributed by atoms with Crippen LogP contribution in [0.15, 0.2) is 43.0 Å². The van der Waals surface area contributed by atoms with E-state index in [1.807, 2.05) is 22.8 Å². The van der Waals surface area contributed by atoms with Crippen LogP contribution in [0, 0.1) is 5.92 Å². The van der Waals surface area contributed by atoms with E-state index in [0.29, 0.717) is 5.56 Å². The van der Waals surface area contributed by atoms with Gasteiger partial charge in [0.2, 0.25) is 0 Å². The SMILES string of the molecule is CC(C)C(OC(F)(F)F)c1cncc(-c2ccc3c(c2)CCc2nncn2-3)c1. The van der Waals surface area contributed by atoms with Crippen molar-refractivity contribution in [1.29, 1.82) is 0 Å². The van der Waals surface area contributed by atoms with Crippen LogP contribution in [0.3, 0.4) is 0 Å². The maximum atomic E-state index is 12.8. The molecule has 3 aromatic rings. The molecular formula is C20H19F3N4O. The summed E-state index contributed by atoms with van der Waals surface area (Å²) in [5, 5.41) is 8.07. The summed E-state index contributed by atoms with van der Waals surface area (Å²) in [5.41, 5.74) is 4.23. The minimum Gasteiger partial charge on any atom is -0.285 e. The molecule has 3 heterocycles. The maximum absolute atomic E-state index is 12.8. The Morgan fingerprint density at radius 3 is 2.64 bits per heavy atom. The van der Waals surface area contributed by atoms with Gasteiger partial charge in [-0.1, -0.05) is 19.9 Å². The van der Waals surface area contributed by atoms with Gasteiger partial charge < -0.3 is 0 Å². The molecule has 0 fully saturated rings. The number of fused-ring (bicyclic) bond motifs is 3. The van der Waals surface area contributed by atoms with Gasteiger partial charge in [-0.25, -0.2) is 0 Å². The Labute approximate surface area is 160 Å². The lowest BCUT2D eigenvalue weighted by molar-refractivity contribution is -0.349. The summed E-state index contributed by atoms with van der Waals surface area (Å²) in [6, 6.07) is 7.69. The van der Waals surface area contributed by atoms with Crippen LogP contribution in [-0.2, 0) is 17.6 Å². The van der Waals surface area contributed by atoms with Crippen LogP contribution in [0.5, 0.6) is 0 Å². The highest BCUT2D eigenvalue weighted by molar-refractivity contribution is 5.67. The van der Waals surface area contributed by atoms with Gasteiger partial charge >= 0.3 is 6.36 Å². The number of aromatic nitrogens is 4. The molecule has 4 rings (SSSR count). The molecular weight excluding hydrogens is 369 g/mol. The second-order valence-corrected chi connectivity index (χ2v) is 7.20. The zero-order valence-electron chi connectivity index (χ0n) is 15.4. The van der Waals surface area contributed by atoms with Crippen molar-refractivity contribution in [2.24, 2.45) is 5.92 Å². The Bertz CT molecular complexity index is 997. The van der Waals surface area contributed by atoms with E-state index in [1.165, 1.54) is 6.20 Å². The third-order valence-corrected chi connectivity index (χ3v) is 4.86. The fraction of sp³-hybridized carbons (Fsp3) is 0.350. The van der Waals surface area contributed by atoms with E-state index in [9.17, 15) is 13.2 Å². The molecule has 28 heavy (non-hydrogen) atoms. The summed E-state index contributed by atoms with van der Waals surface area (Å²) < 4.78 is 44.7. The van der Waals surface area contributed by atoms with Crippen LogP contribution >= 0.6 is 0 Å². The molecule has 2 aromatic heterocycles. The summed E-state index contributed by atoms with van der Waals surface area (Å²) in [6.07, 6.45) is 0.601. The van der Waals surface area contributed by atoms with Crippen LogP contribution in [0.2, 0.25) is 0 Å². The lowest BCUT2D eigenvalue weighted by Gasteiger charge is -2.23. The summed E-state index contributed by atoms with van der Waals surface area (Å²) in [7, 11) is 0. The van der Waals surface area contributed by atoms with Gasteiger partial charge in [0.25, 0.3) is 0 Å². The first-order valence-corrected chi connectivity index (χ1v) is 9.04. The van der Waals surface area contributed by atoms with Gasteiger partial charge in [-0.3, -0.25) is 14.3 Å². The van der Waals surface area contributed by atoms with Gasteiger partial charge in [0, 0.05) is 29.9 Å². The molecule has 1 aliphatic heterocycles. The third-order valence-electron chi connectivity index (χ3n) is 4.86. The predicted molar refractivity (Wildman–Crippen MR) is 96.7 cm³/mol. The fourth-order valence-electron chi connectivity index (χ4n) is 3.58. The second kappa shape index (κ2) is 7.01. The normalized spacial score (nSPS) is 14.6. The summed E-state index contributed by atoms with van der Waals surface area (Å²) >= 11 is 0. The highest BCUT2D eigenvalue weighted by Gasteiger charge is 2.35. The van der Waals surface area contributed by atoms with E-state index in [2.05, 4.69) is 19.9 Å². The predicted octanol–water partition coefficient (Wildman–Crippen LogP) is 4.66. The van der Waals surface area contributed by atoms with Crippen LogP contribution in [0.4, 0.5) is 13.2 Å². The van der Waals surface area contributed by atoms with Crippen molar-refractivity contribution in [3.63, 3.8) is 0 Å². The number of hydrogen-bond donors (Lipinski definition) is 0. The Kier molecular flexibility index (Phi) is 4.66. The zero-order valence-corrected chi connectivity index (χ0v) is 15.4. The Hall–Kier alpha value is -2.74. The van der Waals surface area contributed by atoms with Crippen molar-refractivity contribution in [3.05, 3.63) is 59.9 Å². The average molecular weight is 388 g/mol. The number of aryl methyl sites for hydroxylation is 2. The van der Waals surface area contributed by atoms with Crippen LogP contribution in [-0.4, -0.2) is 26.1 Å². The highest BCUT2D eigenvalue weighted by atomic mass is 19.4. The van der Waals surface area contributed by atoms with Gasteiger partial charge in [0.15, 0.2) is 0 Å². The molecule has 0 aliphatic carbocycles. The first-order valence-electron chi connectivity index (χ1n) is 9.04. The van der Waals surface area contributed by atoms with Crippen LogP contribution < -0.4 is 0 Å². The molecule has 1 aromatic carbocycles. The minimum absolute atomic E-state index is 0.352. The fourth-order valence-corrected chi connectivity index (χ4v) is 3.58. The zero-order chi connectivity index (χ0) is 19.9. The molecule has 0 bridgehead atoms. The molecule has 0 spiro atoms. The van der Waals surface area contributed by atoms with E-state index in [4.69, 9.17) is 0 Å². The molecule has 0 saturated carbocycles. The molecule has 8 heteroatoms. The third kappa shape index (κ3) is 3.64. The summed E-state index contributed by atoms with van der Waals surface area (Å²) in [6.45, 7) is 3.39. The molecule has 1 atom stereocenters. The number of alkyl halides is 3. The van der Waals surface area contributed by atoms with Gasteiger partial charge in [-0.2, -0.15) is 0 Å². The van der Waals surface area contributed by atoms with E-state index >= 15 is 0 Å². The van der Waals surface area contributed by atoms with E-state index in [0.717, 1.165) is 41.0 Å². The average Bonchev–Trinajstić information content (AvgIpc) is 3.14. The van der Waals surface area contributed by atoms with E-state index < -0.39 is 12.5 Å². The number of halogens is 3. The molecule has 0 radical (unpaired) electrons. The lowest BCUT2D eigenvalue weighted by Crippen LogP contribution is -2.22. The minimum atomic E-state index is -4.70. The van der Waals surface area contributed by atoms with Gasteiger partial charge in [0.05, 0.1) is 11.8 Å². The Morgan fingerprint density at radius 1 is 1.07 bits per heavy atom. The first-order chi connectivity index (χ1) is 13.3. The largest absolute Gasteiger partial charge is 0.523 e. The molecule has 1 aliphatic rings. The molecule has 146 valence electrons. The number of benzene rings is 1. The van der Waals surface area contributed by atoms with Crippen molar-refractivity contribution < 1.29 is 17.9 Å². The summed E-state index contributed by atoms with van der Waals surface area (Å²) in [5.74, 6) is 0.572. The number of rotatable bonds is 4.